The van der Waals surface area contributed by atoms with E-state index in [1.165, 1.54) is 338 Å². The lowest BCUT2D eigenvalue weighted by Gasteiger charge is -2.40. The largest absolute Gasteiger partial charge is 0.0725 e. The molecule has 0 heteroatoms. The van der Waals surface area contributed by atoms with Gasteiger partial charge in [-0.25, -0.2) is 0 Å². The minimum Gasteiger partial charge on any atom is -0.0654 e. The van der Waals surface area contributed by atoms with Gasteiger partial charge in [0.05, 0.1) is 16.2 Å². The normalized spacial score (nSPS) is 15.5. The fourth-order valence-corrected chi connectivity index (χ4v) is 30.3. The molecule has 0 aliphatic heterocycles. The van der Waals surface area contributed by atoms with Crippen molar-refractivity contribution in [3.63, 3.8) is 0 Å². The van der Waals surface area contributed by atoms with Crippen LogP contribution < -0.4 is 0 Å². The Morgan fingerprint density at radius 1 is 0.138 bits per heavy atom. The summed E-state index contributed by atoms with van der Waals surface area (Å²) in [5, 5.41) is 0. The summed E-state index contributed by atoms with van der Waals surface area (Å²) in [7, 11) is 0. The summed E-state index contributed by atoms with van der Waals surface area (Å²) >= 11 is 0. The molecule has 16 aromatic carbocycles. The Hall–Kier alpha value is -12.5. The molecule has 0 bridgehead atoms. The molecule has 0 saturated heterocycles. The lowest BCUT2D eigenvalue weighted by Crippen LogP contribution is -2.31. The maximum atomic E-state index is 2.90. The van der Waals surface area contributed by atoms with Crippen LogP contribution in [0.3, 0.4) is 0 Å². The fourth-order valence-electron chi connectivity index (χ4n) is 30.3. The molecule has 3 spiro atoms. The summed E-state index contributed by atoms with van der Waals surface area (Å²) in [6.45, 7) is 14.7. The quantitative estimate of drug-likeness (QED) is 0.0360. The zero-order valence-corrected chi connectivity index (χ0v) is 82.4. The smallest absolute Gasteiger partial charge is 0.0654 e. The Morgan fingerprint density at radius 3 is 0.464 bits per heavy atom. The van der Waals surface area contributed by atoms with E-state index in [0.717, 1.165) is 38.5 Å². The monoisotopic (exact) mass is 1790 g/mol. The van der Waals surface area contributed by atoms with Crippen molar-refractivity contribution in [1.29, 1.82) is 0 Å². The molecule has 0 N–H and O–H groups in total. The van der Waals surface area contributed by atoms with E-state index in [9.17, 15) is 0 Å². The second kappa shape index (κ2) is 34.8. The lowest BCUT2D eigenvalue weighted by molar-refractivity contribution is 0.389. The first-order valence-electron chi connectivity index (χ1n) is 54.2. The summed E-state index contributed by atoms with van der Waals surface area (Å²) in [4.78, 5) is 0. The van der Waals surface area contributed by atoms with Gasteiger partial charge >= 0.3 is 0 Å². The number of rotatable bonds is 33. The summed E-state index contributed by atoms with van der Waals surface area (Å²) in [5.74, 6) is 0. The molecule has 0 nitrogen and oxygen atoms in total. The molecular formula is C138H132. The topological polar surface area (TPSA) is 0 Å². The van der Waals surface area contributed by atoms with Crippen LogP contribution in [0.15, 0.2) is 328 Å². The van der Waals surface area contributed by atoms with E-state index >= 15 is 0 Å². The number of hydrogen-bond acceptors (Lipinski definition) is 0. The fraction of sp³-hybridized carbons (Fsp3) is 0.304. The van der Waals surface area contributed by atoms with Gasteiger partial charge < -0.3 is 0 Å². The van der Waals surface area contributed by atoms with Crippen LogP contribution in [0.5, 0.6) is 0 Å². The van der Waals surface area contributed by atoms with E-state index < -0.39 is 16.2 Å². The SMILES string of the molecule is CCCCCCC1(CCCCCC)c2cc(-c3ccc4c(c3)C3(c5ccccc5-c5ccccc53)c3ccccc3-4)ccc2-c2c1c1c(c3c2C(CCCCCC)(CCCCCC)c2cc(-c4ccc5c(c4)C4(c6ccccc6-c6ccccc64)c4ccccc4-5)ccc2-3)C(CCCCCC)(CCCCCC)c2cc(-c3ccc4c(c3)C3(c5ccccc5-c5ccccc53)c3ccccc3-4)ccc2-1. The molecule has 9 aliphatic carbocycles. The van der Waals surface area contributed by atoms with Crippen molar-refractivity contribution in [2.45, 2.75) is 267 Å². The highest BCUT2D eigenvalue weighted by Gasteiger charge is 2.61. The Kier molecular flexibility index (Phi) is 22.0. The maximum Gasteiger partial charge on any atom is 0.0725 e. The van der Waals surface area contributed by atoms with Crippen molar-refractivity contribution < 1.29 is 0 Å². The molecule has 0 heterocycles. The first kappa shape index (κ1) is 87.1. The van der Waals surface area contributed by atoms with Gasteiger partial charge in [-0.3, -0.25) is 0 Å². The van der Waals surface area contributed by atoms with Crippen LogP contribution in [-0.2, 0) is 32.5 Å². The zero-order valence-electron chi connectivity index (χ0n) is 82.4. The third kappa shape index (κ3) is 12.4. The third-order valence-electron chi connectivity index (χ3n) is 36.1. The third-order valence-corrected chi connectivity index (χ3v) is 36.1. The van der Waals surface area contributed by atoms with E-state index in [1.54, 1.807) is 50.1 Å². The molecule has 0 atom stereocenters. The van der Waals surface area contributed by atoms with Crippen LogP contribution in [0.1, 0.15) is 334 Å². The Labute approximate surface area is 822 Å². The predicted octanol–water partition coefficient (Wildman–Crippen LogP) is 38.3. The molecule has 0 saturated carbocycles. The Bertz CT molecular complexity index is 6570. The molecule has 138 heavy (non-hydrogen) atoms. The van der Waals surface area contributed by atoms with E-state index in [4.69, 9.17) is 0 Å². The maximum absolute atomic E-state index is 2.90. The van der Waals surface area contributed by atoms with Crippen molar-refractivity contribution in [2.24, 2.45) is 0 Å². The van der Waals surface area contributed by atoms with Crippen molar-refractivity contribution in [2.75, 3.05) is 0 Å². The zero-order chi connectivity index (χ0) is 92.6. The average molecular weight is 1790 g/mol. The van der Waals surface area contributed by atoms with E-state index in [-0.39, 0.29) is 16.2 Å². The van der Waals surface area contributed by atoms with Gasteiger partial charge in [-0.2, -0.15) is 0 Å². The molecule has 25 rings (SSSR count). The number of hydrogen-bond donors (Lipinski definition) is 0. The summed E-state index contributed by atoms with van der Waals surface area (Å²) < 4.78 is 0. The number of unbranched alkanes of at least 4 members (excludes halogenated alkanes) is 18. The highest BCUT2D eigenvalue weighted by Crippen LogP contribution is 2.74. The molecule has 0 radical (unpaired) electrons. The first-order chi connectivity index (χ1) is 68.2. The van der Waals surface area contributed by atoms with Crippen LogP contribution >= 0.6 is 0 Å². The predicted molar refractivity (Wildman–Crippen MR) is 583 cm³/mol. The molecule has 684 valence electrons. The van der Waals surface area contributed by atoms with Gasteiger partial charge in [0.25, 0.3) is 0 Å². The number of fused-ring (bicyclic) bond motifs is 42. The summed E-state index contributed by atoms with van der Waals surface area (Å²) in [6, 6.07) is 133. The van der Waals surface area contributed by atoms with Gasteiger partial charge in [0.2, 0.25) is 0 Å². The van der Waals surface area contributed by atoms with Crippen molar-refractivity contribution in [1.82, 2.24) is 0 Å². The van der Waals surface area contributed by atoms with Crippen molar-refractivity contribution >= 4 is 0 Å². The van der Waals surface area contributed by atoms with Crippen molar-refractivity contribution in [3.05, 3.63) is 428 Å². The highest BCUT2D eigenvalue weighted by molar-refractivity contribution is 6.08. The highest BCUT2D eigenvalue weighted by atomic mass is 14.6. The van der Waals surface area contributed by atoms with Crippen LogP contribution in [0.2, 0.25) is 0 Å². The van der Waals surface area contributed by atoms with Crippen LogP contribution in [0.4, 0.5) is 0 Å². The van der Waals surface area contributed by atoms with Gasteiger partial charge in [-0.1, -0.05) is 487 Å². The standard InChI is InChI=1S/C138H132/c1-7-13-19-43-79-133(80-44-20-14-8-2)121-85-91(94-67-73-106-103-55-31-40-64-118(103)136(124(106)88-94)112-58-34-25-49-97(112)98-50-26-35-59-113(98)136)70-76-109(121)127-130(133)128-110-77-71-92(95-68-74-107-104-56-32-41-65-119(104)137(125(107)89-95)114-60-36-27-51-99(114)100-52-28-37-61-115(100)137)86-122(110)134(81-45-21-15-9-3,82-46-22-16-10-4)132(128)129-111-78-72-93(87-123(111)135(131(127)129,83-47-23-17-11-5)84-48-24-18-12-6)96-69-75-108-105-57-33-42-66-120(105)138(126(108)90-96)116-62-38-29-53-101(116)102-54-30-39-63-117(102)138/h25-42,49-78,85-90H,7-24,43-48,79-84H2,1-6H3. The lowest BCUT2D eigenvalue weighted by atomic mass is 9.63. The van der Waals surface area contributed by atoms with Crippen molar-refractivity contribution in [3.8, 4) is 134 Å². The first-order valence-corrected chi connectivity index (χ1v) is 54.2. The van der Waals surface area contributed by atoms with Crippen LogP contribution in [0.25, 0.3) is 134 Å². The molecule has 0 amide bonds. The average Bonchev–Trinajstić information content (AvgIpc) is 1.47. The molecule has 0 aromatic heterocycles. The van der Waals surface area contributed by atoms with E-state index in [2.05, 4.69) is 369 Å². The Morgan fingerprint density at radius 2 is 0.290 bits per heavy atom. The molecular weight excluding hydrogens is 1660 g/mol. The van der Waals surface area contributed by atoms with Crippen LogP contribution in [0, 0.1) is 0 Å². The minimum absolute atomic E-state index is 0.321. The second-order valence-corrected chi connectivity index (χ2v) is 43.1. The second-order valence-electron chi connectivity index (χ2n) is 43.1. The molecule has 0 fully saturated rings. The van der Waals surface area contributed by atoms with Gasteiger partial charge in [0.15, 0.2) is 0 Å². The van der Waals surface area contributed by atoms with E-state index in [1.807, 2.05) is 0 Å². The molecule has 9 aliphatic rings. The van der Waals surface area contributed by atoms with Gasteiger partial charge in [0, 0.05) is 16.2 Å². The Balaban J connectivity index is 0.784. The molecule has 16 aromatic rings. The molecule has 0 unspecified atom stereocenters. The van der Waals surface area contributed by atoms with Crippen LogP contribution in [-0.4, -0.2) is 0 Å². The van der Waals surface area contributed by atoms with Gasteiger partial charge in [0.1, 0.15) is 0 Å². The van der Waals surface area contributed by atoms with Gasteiger partial charge in [-0.05, 0) is 309 Å². The minimum atomic E-state index is -0.462. The summed E-state index contributed by atoms with van der Waals surface area (Å²) in [6.07, 6.45) is 35.9. The van der Waals surface area contributed by atoms with Gasteiger partial charge in [-0.15, -0.1) is 0 Å². The number of benzene rings is 16. The van der Waals surface area contributed by atoms with E-state index in [0.29, 0.717) is 0 Å². The summed E-state index contributed by atoms with van der Waals surface area (Å²) in [5.41, 5.74) is 58.4.